The molecule has 0 saturated carbocycles. The second kappa shape index (κ2) is 9.20. The number of hydrogen-bond donors (Lipinski definition) is 0. The van der Waals surface area contributed by atoms with Crippen molar-refractivity contribution >= 4 is 29.4 Å². The average Bonchev–Trinajstić information content (AvgIpc) is 2.79. The van der Waals surface area contributed by atoms with Gasteiger partial charge in [-0.05, 0) is 44.6 Å². The second-order valence-electron chi connectivity index (χ2n) is 8.19. The number of urea groups is 1. The van der Waals surface area contributed by atoms with Gasteiger partial charge in [-0.15, -0.1) is 0 Å². The number of amides is 3. The van der Waals surface area contributed by atoms with Crippen LogP contribution in [0.2, 0.25) is 5.02 Å². The number of piperidine rings is 2. The van der Waals surface area contributed by atoms with Gasteiger partial charge in [-0.2, -0.15) is 0 Å². The molecule has 3 fully saturated rings. The lowest BCUT2D eigenvalue weighted by atomic mass is 10.1. The Morgan fingerprint density at radius 2 is 1.31 bits per heavy atom. The second-order valence-corrected chi connectivity index (χ2v) is 8.59. The van der Waals surface area contributed by atoms with E-state index in [1.807, 2.05) is 14.7 Å². The van der Waals surface area contributed by atoms with E-state index < -0.39 is 0 Å². The molecule has 3 saturated heterocycles. The smallest absolute Gasteiger partial charge is 0.320 e. The quantitative estimate of drug-likeness (QED) is 0.739. The van der Waals surface area contributed by atoms with Gasteiger partial charge in [0.2, 0.25) is 0 Å². The first-order valence-electron chi connectivity index (χ1n) is 10.9. The lowest BCUT2D eigenvalue weighted by molar-refractivity contribution is 0.0724. The molecule has 0 N–H and O–H groups in total. The molecule has 29 heavy (non-hydrogen) atoms. The number of piperazine rings is 1. The fourth-order valence-corrected chi connectivity index (χ4v) is 4.74. The van der Waals surface area contributed by atoms with Crippen LogP contribution in [0.4, 0.5) is 10.6 Å². The van der Waals surface area contributed by atoms with Crippen LogP contribution in [0.3, 0.4) is 0 Å². The topological polar surface area (TPSA) is 60.0 Å². The molecule has 0 atom stereocenters. The van der Waals surface area contributed by atoms with Crippen LogP contribution in [-0.2, 0) is 0 Å². The molecular weight excluding hydrogens is 390 g/mol. The summed E-state index contributed by atoms with van der Waals surface area (Å²) in [5.41, 5.74) is 0.555. The first-order valence-corrected chi connectivity index (χ1v) is 11.2. The Balaban J connectivity index is 1.35. The summed E-state index contributed by atoms with van der Waals surface area (Å²) in [6, 6.07) is 1.90. The van der Waals surface area contributed by atoms with E-state index in [1.165, 1.54) is 12.8 Å². The van der Waals surface area contributed by atoms with E-state index in [0.29, 0.717) is 42.6 Å². The summed E-state index contributed by atoms with van der Waals surface area (Å²) in [7, 11) is 0. The van der Waals surface area contributed by atoms with Crippen LogP contribution in [-0.4, -0.2) is 84.0 Å². The molecular formula is C21H30ClN5O2. The number of aromatic nitrogens is 1. The first kappa shape index (κ1) is 20.3. The Bertz CT molecular complexity index is 739. The number of rotatable bonds is 2. The van der Waals surface area contributed by atoms with Crippen LogP contribution in [0.5, 0.6) is 0 Å². The number of pyridine rings is 1. The molecule has 0 bridgehead atoms. The third-order valence-corrected chi connectivity index (χ3v) is 6.47. The van der Waals surface area contributed by atoms with E-state index in [4.69, 9.17) is 11.6 Å². The molecule has 3 aliphatic rings. The van der Waals surface area contributed by atoms with Crippen molar-refractivity contribution in [3.05, 3.63) is 22.8 Å². The van der Waals surface area contributed by atoms with Gasteiger partial charge < -0.3 is 19.6 Å². The Labute approximate surface area is 177 Å². The van der Waals surface area contributed by atoms with Crippen LogP contribution >= 0.6 is 11.6 Å². The maximum atomic E-state index is 12.7. The van der Waals surface area contributed by atoms with Crippen molar-refractivity contribution < 1.29 is 9.59 Å². The van der Waals surface area contributed by atoms with Gasteiger partial charge in [-0.3, -0.25) is 4.79 Å². The summed E-state index contributed by atoms with van der Waals surface area (Å²) in [5.74, 6) is 0.717. The predicted octanol–water partition coefficient (Wildman–Crippen LogP) is 3.09. The lowest BCUT2D eigenvalue weighted by Gasteiger charge is -2.39. The zero-order valence-corrected chi connectivity index (χ0v) is 17.7. The van der Waals surface area contributed by atoms with Gasteiger partial charge >= 0.3 is 6.03 Å². The van der Waals surface area contributed by atoms with Crippen molar-refractivity contribution in [2.75, 3.05) is 57.3 Å². The maximum absolute atomic E-state index is 12.7. The van der Waals surface area contributed by atoms with Crippen molar-refractivity contribution in [3.8, 4) is 0 Å². The van der Waals surface area contributed by atoms with E-state index in [-0.39, 0.29) is 11.9 Å². The molecule has 7 nitrogen and oxygen atoms in total. The number of halogens is 1. The van der Waals surface area contributed by atoms with Crippen LogP contribution < -0.4 is 4.90 Å². The molecule has 0 aromatic carbocycles. The Morgan fingerprint density at radius 1 is 0.759 bits per heavy atom. The highest BCUT2D eigenvalue weighted by Gasteiger charge is 2.28. The molecule has 1 aromatic rings. The zero-order valence-electron chi connectivity index (χ0n) is 17.0. The molecule has 4 heterocycles. The summed E-state index contributed by atoms with van der Waals surface area (Å²) < 4.78 is 0. The number of carbonyl (C=O) groups excluding carboxylic acids is 2. The molecule has 4 rings (SSSR count). The lowest BCUT2D eigenvalue weighted by Crippen LogP contribution is -2.54. The zero-order chi connectivity index (χ0) is 20.2. The van der Waals surface area contributed by atoms with E-state index in [9.17, 15) is 9.59 Å². The fraction of sp³-hybridized carbons (Fsp3) is 0.667. The van der Waals surface area contributed by atoms with Gasteiger partial charge in [0.05, 0.1) is 10.6 Å². The summed E-state index contributed by atoms with van der Waals surface area (Å²) in [5, 5.41) is 0.503. The van der Waals surface area contributed by atoms with E-state index in [2.05, 4.69) is 9.88 Å². The summed E-state index contributed by atoms with van der Waals surface area (Å²) >= 11 is 6.50. The van der Waals surface area contributed by atoms with Crippen LogP contribution in [0.1, 0.15) is 48.9 Å². The highest BCUT2D eigenvalue weighted by molar-refractivity contribution is 6.33. The number of hydrogen-bond acceptors (Lipinski definition) is 4. The Kier molecular flexibility index (Phi) is 6.43. The van der Waals surface area contributed by atoms with E-state index in [0.717, 1.165) is 51.9 Å². The highest BCUT2D eigenvalue weighted by Crippen LogP contribution is 2.26. The fourth-order valence-electron chi connectivity index (χ4n) is 4.45. The predicted molar refractivity (Wildman–Crippen MR) is 114 cm³/mol. The molecule has 0 spiro atoms. The van der Waals surface area contributed by atoms with Crippen LogP contribution in [0, 0.1) is 0 Å². The molecule has 8 heteroatoms. The van der Waals surface area contributed by atoms with Gasteiger partial charge in [0.1, 0.15) is 5.82 Å². The minimum atomic E-state index is 0.0163. The first-order chi connectivity index (χ1) is 14.1. The largest absolute Gasteiger partial charge is 0.352 e. The minimum Gasteiger partial charge on any atom is -0.352 e. The summed E-state index contributed by atoms with van der Waals surface area (Å²) in [4.78, 5) is 37.8. The molecule has 0 aliphatic carbocycles. The number of likely N-dealkylation sites (tertiary alicyclic amines) is 2. The molecule has 0 unspecified atom stereocenters. The summed E-state index contributed by atoms with van der Waals surface area (Å²) in [6.45, 7) is 6.11. The number of carbonyl (C=O) groups is 2. The van der Waals surface area contributed by atoms with E-state index >= 15 is 0 Å². The van der Waals surface area contributed by atoms with Gasteiger partial charge in [0, 0.05) is 58.6 Å². The Hall–Kier alpha value is -2.02. The highest BCUT2D eigenvalue weighted by atomic mass is 35.5. The summed E-state index contributed by atoms with van der Waals surface area (Å²) in [6.07, 6.45) is 8.38. The van der Waals surface area contributed by atoms with Crippen molar-refractivity contribution in [1.29, 1.82) is 0 Å². The van der Waals surface area contributed by atoms with Gasteiger partial charge in [-0.25, -0.2) is 9.78 Å². The third-order valence-electron chi connectivity index (χ3n) is 6.19. The van der Waals surface area contributed by atoms with Crippen molar-refractivity contribution in [2.24, 2.45) is 0 Å². The van der Waals surface area contributed by atoms with Crippen LogP contribution in [0.25, 0.3) is 0 Å². The van der Waals surface area contributed by atoms with Crippen molar-refractivity contribution in [2.45, 2.75) is 38.5 Å². The van der Waals surface area contributed by atoms with Crippen molar-refractivity contribution in [3.63, 3.8) is 0 Å². The molecule has 158 valence electrons. The van der Waals surface area contributed by atoms with Crippen LogP contribution in [0.15, 0.2) is 12.3 Å². The molecule has 1 aromatic heterocycles. The van der Waals surface area contributed by atoms with Gasteiger partial charge in [0.25, 0.3) is 5.91 Å². The van der Waals surface area contributed by atoms with E-state index in [1.54, 1.807) is 12.3 Å². The minimum absolute atomic E-state index is 0.0163. The third kappa shape index (κ3) is 4.60. The van der Waals surface area contributed by atoms with Gasteiger partial charge in [-0.1, -0.05) is 11.6 Å². The normalized spacial score (nSPS) is 20.7. The molecule has 0 radical (unpaired) electrons. The average molecular weight is 420 g/mol. The molecule has 3 aliphatic heterocycles. The number of nitrogens with zero attached hydrogens (tertiary/aromatic N) is 5. The number of anilines is 1. The molecule has 3 amide bonds. The van der Waals surface area contributed by atoms with Crippen molar-refractivity contribution in [1.82, 2.24) is 19.7 Å². The van der Waals surface area contributed by atoms with Gasteiger partial charge in [0.15, 0.2) is 0 Å². The standard InChI is InChI=1S/C21H30ClN5O2/c22-18-15-17(20(28)25-7-3-1-4-8-25)16-23-19(18)24-11-13-27(14-12-24)21(29)26-9-5-2-6-10-26/h15-16H,1-14H2. The monoisotopic (exact) mass is 419 g/mol. The maximum Gasteiger partial charge on any atom is 0.320 e. The Morgan fingerprint density at radius 3 is 1.90 bits per heavy atom. The SMILES string of the molecule is O=C(c1cnc(N2CCN(C(=O)N3CCCCC3)CC2)c(Cl)c1)N1CCCCC1.